The van der Waals surface area contributed by atoms with Crippen LogP contribution < -0.4 is 0 Å². The Morgan fingerprint density at radius 1 is 1.00 bits per heavy atom. The van der Waals surface area contributed by atoms with Gasteiger partial charge in [0.1, 0.15) is 11.4 Å². The maximum absolute atomic E-state index is 12.4. The molecule has 3 aliphatic heterocycles. The molecule has 1 unspecified atom stereocenters. The van der Waals surface area contributed by atoms with E-state index in [9.17, 15) is 14.4 Å². The van der Waals surface area contributed by atoms with Crippen LogP contribution >= 0.6 is 0 Å². The fraction of sp³-hybridized carbons (Fsp3) is 0.650. The molecular formula is C20H29CrN3O4. The van der Waals surface area contributed by atoms with Crippen LogP contribution in [0.25, 0.3) is 0 Å². The average molecular weight is 427 g/mol. The van der Waals surface area contributed by atoms with E-state index >= 15 is 0 Å². The number of hydrogen-bond donors (Lipinski definition) is 1. The molecule has 4 aliphatic rings. The number of ketones is 2. The van der Waals surface area contributed by atoms with Gasteiger partial charge >= 0.3 is 5.97 Å². The predicted octanol–water partition coefficient (Wildman–Crippen LogP) is 1.47. The SMILES string of the molecule is CCCCC(CC)C(=O)O.O=C1C=C(N2CC2)C(=O)C(N2CC2)=C1N1CC1.[Cr]. The number of carboxylic acid groups (broad SMARTS) is 1. The molecule has 3 fully saturated rings. The van der Waals surface area contributed by atoms with Crippen LogP contribution in [0.3, 0.4) is 0 Å². The smallest absolute Gasteiger partial charge is 0.306 e. The Kier molecular flexibility index (Phi) is 7.73. The Balaban J connectivity index is 0.000000224. The maximum atomic E-state index is 12.4. The molecule has 1 N–H and O–H groups in total. The Bertz CT molecular complexity index is 692. The summed E-state index contributed by atoms with van der Waals surface area (Å²) in [4.78, 5) is 40.9. The molecule has 3 saturated heterocycles. The normalized spacial score (nSPS) is 20.8. The Hall–Kier alpha value is -1.78. The number of hydrogen-bond acceptors (Lipinski definition) is 6. The van der Waals surface area contributed by atoms with Crippen molar-refractivity contribution in [1.82, 2.24) is 14.7 Å². The van der Waals surface area contributed by atoms with Gasteiger partial charge in [-0.1, -0.05) is 26.7 Å². The second-order valence-electron chi connectivity index (χ2n) is 7.47. The van der Waals surface area contributed by atoms with E-state index in [1.54, 1.807) is 0 Å². The first kappa shape index (κ1) is 22.5. The zero-order valence-corrected chi connectivity index (χ0v) is 17.9. The van der Waals surface area contributed by atoms with Gasteiger partial charge in [-0.2, -0.15) is 0 Å². The van der Waals surface area contributed by atoms with Crippen LogP contribution in [0.4, 0.5) is 0 Å². The van der Waals surface area contributed by atoms with Crippen LogP contribution in [0.2, 0.25) is 0 Å². The zero-order valence-electron chi connectivity index (χ0n) is 16.6. The number of rotatable bonds is 8. The van der Waals surface area contributed by atoms with Gasteiger partial charge in [0.15, 0.2) is 0 Å². The van der Waals surface area contributed by atoms with Gasteiger partial charge in [-0.25, -0.2) is 0 Å². The number of carbonyl (C=O) groups excluding carboxylic acids is 2. The second-order valence-corrected chi connectivity index (χ2v) is 7.47. The van der Waals surface area contributed by atoms with E-state index in [1.807, 2.05) is 21.6 Å². The number of carbonyl (C=O) groups is 3. The average Bonchev–Trinajstić information content (AvgIpc) is 3.49. The van der Waals surface area contributed by atoms with Crippen LogP contribution in [0.15, 0.2) is 23.2 Å². The van der Waals surface area contributed by atoms with E-state index < -0.39 is 5.97 Å². The van der Waals surface area contributed by atoms with Crippen molar-refractivity contribution in [2.24, 2.45) is 5.92 Å². The van der Waals surface area contributed by atoms with Gasteiger partial charge in [0, 0.05) is 62.7 Å². The van der Waals surface area contributed by atoms with E-state index in [0.717, 1.165) is 65.0 Å². The van der Waals surface area contributed by atoms with Crippen LogP contribution in [0, 0.1) is 5.92 Å². The fourth-order valence-electron chi connectivity index (χ4n) is 3.23. The van der Waals surface area contributed by atoms with Gasteiger partial charge in [0.25, 0.3) is 0 Å². The van der Waals surface area contributed by atoms with Gasteiger partial charge in [0.2, 0.25) is 11.6 Å². The summed E-state index contributed by atoms with van der Waals surface area (Å²) in [5.41, 5.74) is 1.89. The number of Topliss-reactive ketones (excluding diaryl/α,β-unsaturated/α-hetero) is 1. The molecule has 4 rings (SSSR count). The molecule has 1 atom stereocenters. The molecule has 0 bridgehead atoms. The summed E-state index contributed by atoms with van der Waals surface area (Å²) in [5, 5.41) is 8.60. The van der Waals surface area contributed by atoms with E-state index in [4.69, 9.17) is 5.11 Å². The Morgan fingerprint density at radius 2 is 1.54 bits per heavy atom. The third-order valence-electron chi connectivity index (χ3n) is 5.24. The molecule has 0 radical (unpaired) electrons. The van der Waals surface area contributed by atoms with Crippen LogP contribution in [0.1, 0.15) is 39.5 Å². The zero-order chi connectivity index (χ0) is 19.6. The minimum absolute atomic E-state index is 0. The summed E-state index contributed by atoms with van der Waals surface area (Å²) in [6.45, 7) is 9.41. The van der Waals surface area contributed by atoms with Crippen LogP contribution in [-0.2, 0) is 31.7 Å². The quantitative estimate of drug-likeness (QED) is 0.464. The first-order valence-electron chi connectivity index (χ1n) is 10.0. The molecule has 0 aromatic carbocycles. The topological polar surface area (TPSA) is 80.5 Å². The third-order valence-corrected chi connectivity index (χ3v) is 5.24. The van der Waals surface area contributed by atoms with Crippen molar-refractivity contribution < 1.29 is 36.9 Å². The minimum Gasteiger partial charge on any atom is -0.481 e. The van der Waals surface area contributed by atoms with Crippen molar-refractivity contribution in [2.75, 3.05) is 39.3 Å². The Labute approximate surface area is 177 Å². The minimum atomic E-state index is -0.643. The summed E-state index contributed by atoms with van der Waals surface area (Å²) in [6.07, 6.45) is 5.24. The number of unbranched alkanes of at least 4 members (excludes halogenated alkanes) is 1. The van der Waals surface area contributed by atoms with E-state index in [2.05, 4.69) is 6.92 Å². The number of allylic oxidation sites excluding steroid dienone is 1. The van der Waals surface area contributed by atoms with Gasteiger partial charge < -0.3 is 19.8 Å². The van der Waals surface area contributed by atoms with E-state index in [0.29, 0.717) is 17.1 Å². The largest absolute Gasteiger partial charge is 0.481 e. The first-order chi connectivity index (χ1) is 13.0. The Morgan fingerprint density at radius 3 is 1.96 bits per heavy atom. The van der Waals surface area contributed by atoms with Crippen molar-refractivity contribution >= 4 is 17.5 Å². The molecule has 0 amide bonds. The molecule has 3 heterocycles. The monoisotopic (exact) mass is 427 g/mol. The standard InChI is InChI=1S/C12H13N3O2.C8H16O2.Cr/c16-9-7-8(13-1-2-13)12(17)11(15-5-6-15)10(9)14-3-4-14;1-3-5-6-7(4-2)8(9)10;/h7H,1-6H2;7H,3-6H2,1-2H3,(H,9,10);. The van der Waals surface area contributed by atoms with Crippen molar-refractivity contribution in [1.29, 1.82) is 0 Å². The molecule has 0 aromatic heterocycles. The number of aliphatic carboxylic acids is 1. The maximum Gasteiger partial charge on any atom is 0.306 e. The van der Waals surface area contributed by atoms with Crippen molar-refractivity contribution in [3.8, 4) is 0 Å². The summed E-state index contributed by atoms with van der Waals surface area (Å²) in [6, 6.07) is 0. The summed E-state index contributed by atoms with van der Waals surface area (Å²) >= 11 is 0. The molecule has 0 aromatic rings. The van der Waals surface area contributed by atoms with E-state index in [-0.39, 0.29) is 34.8 Å². The molecule has 154 valence electrons. The molecule has 8 heteroatoms. The third kappa shape index (κ3) is 5.39. The van der Waals surface area contributed by atoms with Crippen LogP contribution in [-0.4, -0.2) is 76.6 Å². The predicted molar refractivity (Wildman–Crippen MR) is 101 cm³/mol. The molecule has 0 saturated carbocycles. The van der Waals surface area contributed by atoms with Gasteiger partial charge in [-0.05, 0) is 12.8 Å². The van der Waals surface area contributed by atoms with Crippen molar-refractivity contribution in [3.05, 3.63) is 23.2 Å². The first-order valence-corrected chi connectivity index (χ1v) is 10.0. The molecule has 0 spiro atoms. The van der Waals surface area contributed by atoms with Crippen molar-refractivity contribution in [2.45, 2.75) is 39.5 Å². The van der Waals surface area contributed by atoms with Gasteiger partial charge in [-0.15, -0.1) is 0 Å². The number of carboxylic acids is 1. The van der Waals surface area contributed by atoms with Crippen LogP contribution in [0.5, 0.6) is 0 Å². The molecule has 28 heavy (non-hydrogen) atoms. The van der Waals surface area contributed by atoms with Crippen molar-refractivity contribution in [3.63, 3.8) is 0 Å². The molecular weight excluding hydrogens is 398 g/mol. The van der Waals surface area contributed by atoms with Gasteiger partial charge in [-0.3, -0.25) is 14.4 Å². The second kappa shape index (κ2) is 9.62. The molecule has 1 aliphatic carbocycles. The van der Waals surface area contributed by atoms with E-state index in [1.165, 1.54) is 6.08 Å². The molecule has 7 nitrogen and oxygen atoms in total. The number of nitrogens with zero attached hydrogens (tertiary/aromatic N) is 3. The summed E-state index contributed by atoms with van der Waals surface area (Å²) in [7, 11) is 0. The van der Waals surface area contributed by atoms with Gasteiger partial charge in [0.05, 0.1) is 11.6 Å². The summed E-state index contributed by atoms with van der Waals surface area (Å²) in [5.74, 6) is -0.705. The summed E-state index contributed by atoms with van der Waals surface area (Å²) < 4.78 is 0. The fourth-order valence-corrected chi connectivity index (χ4v) is 3.23.